The van der Waals surface area contributed by atoms with Crippen LogP contribution in [0.5, 0.6) is 0 Å². The Balaban J connectivity index is 1.86. The van der Waals surface area contributed by atoms with Gasteiger partial charge in [0.2, 0.25) is 0 Å². The fraction of sp³-hybridized carbons (Fsp3) is 0.692. The van der Waals surface area contributed by atoms with E-state index in [4.69, 9.17) is 5.73 Å². The van der Waals surface area contributed by atoms with E-state index in [0.717, 1.165) is 25.1 Å². The first-order chi connectivity index (χ1) is 8.56. The molecule has 100 valence electrons. The summed E-state index contributed by atoms with van der Waals surface area (Å²) in [6.45, 7) is 2.60. The zero-order chi connectivity index (χ0) is 13.1. The Morgan fingerprint density at radius 1 is 1.61 bits per heavy atom. The molecule has 0 bridgehead atoms. The van der Waals surface area contributed by atoms with Gasteiger partial charge >= 0.3 is 0 Å². The third-order valence-electron chi connectivity index (χ3n) is 3.61. The van der Waals surface area contributed by atoms with Crippen LogP contribution in [0.4, 0.5) is 0 Å². The highest BCUT2D eigenvalue weighted by atomic mass is 16.2. The lowest BCUT2D eigenvalue weighted by Gasteiger charge is -2.26. The van der Waals surface area contributed by atoms with Gasteiger partial charge in [-0.05, 0) is 38.2 Å². The summed E-state index contributed by atoms with van der Waals surface area (Å²) in [6.07, 6.45) is 4.47. The third kappa shape index (κ3) is 3.10. The lowest BCUT2D eigenvalue weighted by Crippen LogP contribution is -2.36. The minimum atomic E-state index is -0.0442. The Labute approximate surface area is 108 Å². The highest BCUT2D eigenvalue weighted by Gasteiger charge is 2.20. The van der Waals surface area contributed by atoms with Gasteiger partial charge in [0.05, 0.1) is 5.69 Å². The summed E-state index contributed by atoms with van der Waals surface area (Å²) >= 11 is 0. The fourth-order valence-corrected chi connectivity index (χ4v) is 2.67. The number of nitrogens with zero attached hydrogens (tertiary/aromatic N) is 2. The Morgan fingerprint density at radius 2 is 2.39 bits per heavy atom. The van der Waals surface area contributed by atoms with Gasteiger partial charge in [-0.25, -0.2) is 0 Å². The molecule has 1 heterocycles. The average Bonchev–Trinajstić information content (AvgIpc) is 2.66. The van der Waals surface area contributed by atoms with Crippen LogP contribution >= 0.6 is 0 Å². The lowest BCUT2D eigenvalue weighted by molar-refractivity contribution is 0.0933. The van der Waals surface area contributed by atoms with Gasteiger partial charge in [0, 0.05) is 19.6 Å². The molecule has 0 saturated heterocycles. The molecule has 0 spiro atoms. The summed E-state index contributed by atoms with van der Waals surface area (Å²) in [5.41, 5.74) is 7.42. The van der Waals surface area contributed by atoms with E-state index in [1.54, 1.807) is 11.7 Å². The number of aromatic nitrogens is 2. The zero-order valence-corrected chi connectivity index (χ0v) is 11.1. The molecule has 0 aromatic carbocycles. The van der Waals surface area contributed by atoms with Crippen molar-refractivity contribution in [2.24, 2.45) is 18.7 Å². The minimum Gasteiger partial charge on any atom is -0.350 e. The Morgan fingerprint density at radius 3 is 3.00 bits per heavy atom. The molecule has 3 N–H and O–H groups in total. The SMILES string of the molecule is Cc1cc(C(=O)NCC2CCCC(N)C2)n(C)n1. The van der Waals surface area contributed by atoms with Crippen molar-refractivity contribution in [3.05, 3.63) is 17.5 Å². The second kappa shape index (κ2) is 5.52. The van der Waals surface area contributed by atoms with E-state index in [9.17, 15) is 4.79 Å². The maximum atomic E-state index is 12.0. The van der Waals surface area contributed by atoms with Gasteiger partial charge in [-0.1, -0.05) is 6.42 Å². The molecule has 5 heteroatoms. The van der Waals surface area contributed by atoms with Crippen LogP contribution in [0.15, 0.2) is 6.07 Å². The third-order valence-corrected chi connectivity index (χ3v) is 3.61. The molecular formula is C13H22N4O. The van der Waals surface area contributed by atoms with Crippen molar-refractivity contribution < 1.29 is 4.79 Å². The lowest BCUT2D eigenvalue weighted by atomic mass is 9.86. The molecule has 2 unspecified atom stereocenters. The number of hydrogen-bond donors (Lipinski definition) is 2. The van der Waals surface area contributed by atoms with Crippen molar-refractivity contribution in [3.63, 3.8) is 0 Å². The maximum Gasteiger partial charge on any atom is 0.269 e. The van der Waals surface area contributed by atoms with Gasteiger partial charge in [0.25, 0.3) is 5.91 Å². The van der Waals surface area contributed by atoms with Crippen LogP contribution in [0.1, 0.15) is 41.9 Å². The van der Waals surface area contributed by atoms with E-state index in [0.29, 0.717) is 17.7 Å². The zero-order valence-electron chi connectivity index (χ0n) is 11.1. The van der Waals surface area contributed by atoms with Crippen LogP contribution in [-0.2, 0) is 7.05 Å². The smallest absolute Gasteiger partial charge is 0.269 e. The number of rotatable bonds is 3. The van der Waals surface area contributed by atoms with Crippen molar-refractivity contribution >= 4 is 5.91 Å². The summed E-state index contributed by atoms with van der Waals surface area (Å²) < 4.78 is 1.62. The van der Waals surface area contributed by atoms with Crippen LogP contribution < -0.4 is 11.1 Å². The molecule has 0 aliphatic heterocycles. The first-order valence-electron chi connectivity index (χ1n) is 6.60. The molecule has 1 saturated carbocycles. The van der Waals surface area contributed by atoms with E-state index in [2.05, 4.69) is 10.4 Å². The Bertz CT molecular complexity index is 427. The van der Waals surface area contributed by atoms with Crippen LogP contribution in [0.25, 0.3) is 0 Å². The van der Waals surface area contributed by atoms with E-state index < -0.39 is 0 Å². The quantitative estimate of drug-likeness (QED) is 0.839. The molecule has 1 aromatic rings. The van der Waals surface area contributed by atoms with Crippen molar-refractivity contribution in [1.29, 1.82) is 0 Å². The standard InChI is InChI=1S/C13H22N4O/c1-9-6-12(17(2)16-9)13(18)15-8-10-4-3-5-11(14)7-10/h6,10-11H,3-5,7-8,14H2,1-2H3,(H,15,18). The van der Waals surface area contributed by atoms with Crippen molar-refractivity contribution in [1.82, 2.24) is 15.1 Å². The van der Waals surface area contributed by atoms with Gasteiger partial charge < -0.3 is 11.1 Å². The second-order valence-electron chi connectivity index (χ2n) is 5.30. The van der Waals surface area contributed by atoms with Crippen molar-refractivity contribution in [2.75, 3.05) is 6.54 Å². The van der Waals surface area contributed by atoms with Gasteiger partial charge in [-0.15, -0.1) is 0 Å². The van der Waals surface area contributed by atoms with Gasteiger partial charge in [0.1, 0.15) is 5.69 Å². The van der Waals surface area contributed by atoms with E-state index >= 15 is 0 Å². The Kier molecular flexibility index (Phi) is 4.01. The van der Waals surface area contributed by atoms with Crippen LogP contribution in [0.3, 0.4) is 0 Å². The number of carbonyl (C=O) groups is 1. The fourth-order valence-electron chi connectivity index (χ4n) is 2.67. The summed E-state index contributed by atoms with van der Waals surface area (Å²) in [5.74, 6) is 0.476. The highest BCUT2D eigenvalue weighted by molar-refractivity contribution is 5.92. The number of amides is 1. The number of aryl methyl sites for hydroxylation is 2. The number of nitrogens with one attached hydrogen (secondary N) is 1. The first-order valence-corrected chi connectivity index (χ1v) is 6.60. The average molecular weight is 250 g/mol. The summed E-state index contributed by atoms with van der Waals surface area (Å²) in [5, 5.41) is 7.16. The first kappa shape index (κ1) is 13.1. The molecule has 1 aliphatic rings. The molecule has 1 amide bonds. The molecule has 1 fully saturated rings. The normalized spacial score (nSPS) is 23.9. The molecule has 5 nitrogen and oxygen atoms in total. The van der Waals surface area contributed by atoms with Crippen LogP contribution in [0, 0.1) is 12.8 Å². The molecule has 18 heavy (non-hydrogen) atoms. The van der Waals surface area contributed by atoms with E-state index in [-0.39, 0.29) is 5.91 Å². The van der Waals surface area contributed by atoms with Gasteiger partial charge in [-0.2, -0.15) is 5.10 Å². The van der Waals surface area contributed by atoms with Crippen molar-refractivity contribution in [3.8, 4) is 0 Å². The summed E-state index contributed by atoms with van der Waals surface area (Å²) in [7, 11) is 1.79. The number of carbonyl (C=O) groups excluding carboxylic acids is 1. The predicted octanol–water partition coefficient (Wildman–Crippen LogP) is 0.976. The molecule has 1 aliphatic carbocycles. The predicted molar refractivity (Wildman–Crippen MR) is 70.2 cm³/mol. The molecule has 2 rings (SSSR count). The van der Waals surface area contributed by atoms with E-state index in [1.807, 2.05) is 13.0 Å². The Hall–Kier alpha value is -1.36. The summed E-state index contributed by atoms with van der Waals surface area (Å²) in [4.78, 5) is 12.0. The monoisotopic (exact) mass is 250 g/mol. The second-order valence-corrected chi connectivity index (χ2v) is 5.30. The summed E-state index contributed by atoms with van der Waals surface area (Å²) in [6, 6.07) is 2.11. The molecule has 1 aromatic heterocycles. The highest BCUT2D eigenvalue weighted by Crippen LogP contribution is 2.22. The van der Waals surface area contributed by atoms with Gasteiger partial charge in [-0.3, -0.25) is 9.48 Å². The molecular weight excluding hydrogens is 228 g/mol. The molecule has 0 radical (unpaired) electrons. The van der Waals surface area contributed by atoms with E-state index in [1.165, 1.54) is 12.8 Å². The topological polar surface area (TPSA) is 72.9 Å². The number of hydrogen-bond acceptors (Lipinski definition) is 3. The molecule has 2 atom stereocenters. The van der Waals surface area contributed by atoms with Crippen LogP contribution in [0.2, 0.25) is 0 Å². The van der Waals surface area contributed by atoms with Crippen molar-refractivity contribution in [2.45, 2.75) is 38.6 Å². The maximum absolute atomic E-state index is 12.0. The minimum absolute atomic E-state index is 0.0442. The van der Waals surface area contributed by atoms with Gasteiger partial charge in [0.15, 0.2) is 0 Å². The van der Waals surface area contributed by atoms with Crippen LogP contribution in [-0.4, -0.2) is 28.3 Å². The number of nitrogens with two attached hydrogens (primary N) is 1. The largest absolute Gasteiger partial charge is 0.350 e.